The van der Waals surface area contributed by atoms with E-state index >= 15 is 0 Å². The predicted octanol–water partition coefficient (Wildman–Crippen LogP) is 1.82. The van der Waals surface area contributed by atoms with Crippen LogP contribution in [0.25, 0.3) is 0 Å². The summed E-state index contributed by atoms with van der Waals surface area (Å²) in [6.07, 6.45) is 0.982. The number of ether oxygens (including phenoxy) is 1. The summed E-state index contributed by atoms with van der Waals surface area (Å²) in [6.45, 7) is 4.22. The Hall–Kier alpha value is -1.39. The average molecular weight is 277 g/mol. The van der Waals surface area contributed by atoms with Gasteiger partial charge in [-0.25, -0.2) is 0 Å². The van der Waals surface area contributed by atoms with E-state index in [1.165, 1.54) is 0 Å². The minimum Gasteiger partial charge on any atom is -0.393 e. The molecule has 20 heavy (non-hydrogen) atoms. The number of likely N-dealkylation sites (tertiary alicyclic amines) is 1. The van der Waals surface area contributed by atoms with Crippen LogP contribution in [0, 0.1) is 5.92 Å². The second-order valence-electron chi connectivity index (χ2n) is 5.42. The standard InChI is InChI=1S/C16H23NO3/c1-13(18)15-7-9-17(11-15)16(19)8-10-20-12-14-5-3-2-4-6-14/h2-6,13,15,18H,7-12H2,1H3. The van der Waals surface area contributed by atoms with Crippen LogP contribution >= 0.6 is 0 Å². The molecule has 4 nitrogen and oxygen atoms in total. The second-order valence-corrected chi connectivity index (χ2v) is 5.42. The number of rotatable bonds is 6. The van der Waals surface area contributed by atoms with Crippen LogP contribution in [0.4, 0.5) is 0 Å². The Kier molecular flexibility index (Phi) is 5.56. The Bertz CT molecular complexity index is 419. The number of nitrogens with zero attached hydrogens (tertiary/aromatic N) is 1. The lowest BCUT2D eigenvalue weighted by Gasteiger charge is -2.17. The maximum atomic E-state index is 12.0. The van der Waals surface area contributed by atoms with Crippen LogP contribution in [0.3, 0.4) is 0 Å². The van der Waals surface area contributed by atoms with Gasteiger partial charge in [-0.2, -0.15) is 0 Å². The van der Waals surface area contributed by atoms with Crippen LogP contribution in [-0.4, -0.2) is 41.7 Å². The molecule has 110 valence electrons. The second kappa shape index (κ2) is 7.41. The molecule has 1 aromatic carbocycles. The van der Waals surface area contributed by atoms with Gasteiger partial charge in [-0.05, 0) is 18.9 Å². The quantitative estimate of drug-likeness (QED) is 0.807. The highest BCUT2D eigenvalue weighted by Crippen LogP contribution is 2.20. The molecule has 0 spiro atoms. The van der Waals surface area contributed by atoms with Gasteiger partial charge in [0, 0.05) is 19.0 Å². The van der Waals surface area contributed by atoms with Gasteiger partial charge in [0.1, 0.15) is 0 Å². The minimum atomic E-state index is -0.331. The summed E-state index contributed by atoms with van der Waals surface area (Å²) in [6, 6.07) is 9.94. The molecule has 0 radical (unpaired) electrons. The Morgan fingerprint density at radius 3 is 2.85 bits per heavy atom. The zero-order valence-corrected chi connectivity index (χ0v) is 12.0. The van der Waals surface area contributed by atoms with Crippen molar-refractivity contribution in [2.24, 2.45) is 5.92 Å². The van der Waals surface area contributed by atoms with Crippen molar-refractivity contribution in [3.63, 3.8) is 0 Å². The van der Waals surface area contributed by atoms with Crippen LogP contribution in [-0.2, 0) is 16.1 Å². The molecule has 1 aliphatic rings. The van der Waals surface area contributed by atoms with Gasteiger partial charge in [-0.1, -0.05) is 30.3 Å². The topological polar surface area (TPSA) is 49.8 Å². The van der Waals surface area contributed by atoms with E-state index < -0.39 is 0 Å². The van der Waals surface area contributed by atoms with Gasteiger partial charge < -0.3 is 14.7 Å². The molecule has 2 atom stereocenters. The molecule has 0 saturated carbocycles. The van der Waals surface area contributed by atoms with Crippen molar-refractivity contribution < 1.29 is 14.6 Å². The summed E-state index contributed by atoms with van der Waals surface area (Å²) in [5.41, 5.74) is 1.12. The summed E-state index contributed by atoms with van der Waals surface area (Å²) >= 11 is 0. The van der Waals surface area contributed by atoms with Gasteiger partial charge >= 0.3 is 0 Å². The molecule has 1 fully saturated rings. The third-order valence-electron chi connectivity index (χ3n) is 3.83. The number of aliphatic hydroxyl groups is 1. The van der Waals surface area contributed by atoms with Crippen LogP contribution in [0.2, 0.25) is 0 Å². The molecule has 1 N–H and O–H groups in total. The molecule has 0 aliphatic carbocycles. The van der Waals surface area contributed by atoms with Gasteiger partial charge in [-0.3, -0.25) is 4.79 Å². The molecule has 2 unspecified atom stereocenters. The van der Waals surface area contributed by atoms with Crippen molar-refractivity contribution in [3.05, 3.63) is 35.9 Å². The monoisotopic (exact) mass is 277 g/mol. The Morgan fingerprint density at radius 1 is 1.45 bits per heavy atom. The first-order valence-electron chi connectivity index (χ1n) is 7.24. The summed E-state index contributed by atoms with van der Waals surface area (Å²) in [5, 5.41) is 9.53. The fraction of sp³-hybridized carbons (Fsp3) is 0.562. The molecule has 0 bridgehead atoms. The summed E-state index contributed by atoms with van der Waals surface area (Å²) in [5.74, 6) is 0.352. The number of carbonyl (C=O) groups excluding carboxylic acids is 1. The van der Waals surface area contributed by atoms with Crippen molar-refractivity contribution in [1.29, 1.82) is 0 Å². The number of hydrogen-bond donors (Lipinski definition) is 1. The third kappa shape index (κ3) is 4.32. The highest BCUT2D eigenvalue weighted by Gasteiger charge is 2.28. The van der Waals surface area contributed by atoms with Crippen molar-refractivity contribution in [1.82, 2.24) is 4.90 Å². The van der Waals surface area contributed by atoms with Crippen molar-refractivity contribution in [2.75, 3.05) is 19.7 Å². The van der Waals surface area contributed by atoms with Gasteiger partial charge in [0.25, 0.3) is 0 Å². The zero-order valence-electron chi connectivity index (χ0n) is 12.0. The number of hydrogen-bond acceptors (Lipinski definition) is 3. The fourth-order valence-corrected chi connectivity index (χ4v) is 2.49. The first-order valence-corrected chi connectivity index (χ1v) is 7.24. The molecular formula is C16H23NO3. The van der Waals surface area contributed by atoms with E-state index in [0.29, 0.717) is 26.2 Å². The van der Waals surface area contributed by atoms with Crippen LogP contribution in [0.15, 0.2) is 30.3 Å². The van der Waals surface area contributed by atoms with E-state index in [4.69, 9.17) is 4.74 Å². The smallest absolute Gasteiger partial charge is 0.224 e. The van der Waals surface area contributed by atoms with Crippen LogP contribution < -0.4 is 0 Å². The summed E-state index contributed by atoms with van der Waals surface area (Å²) in [4.78, 5) is 13.8. The predicted molar refractivity (Wildman–Crippen MR) is 77.1 cm³/mol. The number of benzene rings is 1. The van der Waals surface area contributed by atoms with E-state index in [2.05, 4.69) is 0 Å². The minimum absolute atomic E-state index is 0.126. The largest absolute Gasteiger partial charge is 0.393 e. The average Bonchev–Trinajstić information content (AvgIpc) is 2.94. The van der Waals surface area contributed by atoms with Gasteiger partial charge in [0.15, 0.2) is 0 Å². The SMILES string of the molecule is CC(O)C1CCN(C(=O)CCOCc2ccccc2)C1. The third-order valence-corrected chi connectivity index (χ3v) is 3.83. The highest BCUT2D eigenvalue weighted by atomic mass is 16.5. The molecule has 0 aromatic heterocycles. The molecule has 1 amide bonds. The summed E-state index contributed by atoms with van der Waals surface area (Å²) in [7, 11) is 0. The molecule has 4 heteroatoms. The lowest BCUT2D eigenvalue weighted by molar-refractivity contribution is -0.131. The van der Waals surface area contributed by atoms with E-state index in [9.17, 15) is 9.90 Å². The first kappa shape index (κ1) is 15.0. The maximum absolute atomic E-state index is 12.0. The van der Waals surface area contributed by atoms with Gasteiger partial charge in [-0.15, -0.1) is 0 Å². The molecule has 1 aliphatic heterocycles. The molecular weight excluding hydrogens is 254 g/mol. The number of carbonyl (C=O) groups is 1. The van der Waals surface area contributed by atoms with Crippen molar-refractivity contribution >= 4 is 5.91 Å². The lowest BCUT2D eigenvalue weighted by Crippen LogP contribution is -2.31. The van der Waals surface area contributed by atoms with E-state index in [-0.39, 0.29) is 17.9 Å². The Morgan fingerprint density at radius 2 is 2.20 bits per heavy atom. The lowest BCUT2D eigenvalue weighted by atomic mass is 10.0. The highest BCUT2D eigenvalue weighted by molar-refractivity contribution is 5.76. The molecule has 2 rings (SSSR count). The molecule has 1 heterocycles. The van der Waals surface area contributed by atoms with E-state index in [0.717, 1.165) is 18.5 Å². The summed E-state index contributed by atoms with van der Waals surface area (Å²) < 4.78 is 5.53. The number of amides is 1. The van der Waals surface area contributed by atoms with E-state index in [1.54, 1.807) is 6.92 Å². The van der Waals surface area contributed by atoms with Crippen molar-refractivity contribution in [3.8, 4) is 0 Å². The maximum Gasteiger partial charge on any atom is 0.224 e. The first-order chi connectivity index (χ1) is 9.66. The van der Waals surface area contributed by atoms with Crippen molar-refractivity contribution in [2.45, 2.75) is 32.5 Å². The van der Waals surface area contributed by atoms with E-state index in [1.807, 2.05) is 35.2 Å². The molecule has 1 aromatic rings. The van der Waals surface area contributed by atoms with Crippen LogP contribution in [0.5, 0.6) is 0 Å². The van der Waals surface area contributed by atoms with Gasteiger partial charge in [0.05, 0.1) is 25.7 Å². The number of aliphatic hydroxyl groups excluding tert-OH is 1. The Balaban J connectivity index is 1.64. The molecule has 1 saturated heterocycles. The Labute approximate surface area is 120 Å². The van der Waals surface area contributed by atoms with Gasteiger partial charge in [0.2, 0.25) is 5.91 Å². The zero-order chi connectivity index (χ0) is 14.4. The normalized spacial score (nSPS) is 20.1. The fourth-order valence-electron chi connectivity index (χ4n) is 2.49. The van der Waals surface area contributed by atoms with Crippen LogP contribution in [0.1, 0.15) is 25.3 Å².